The van der Waals surface area contributed by atoms with Crippen LogP contribution in [0.5, 0.6) is 5.75 Å². The lowest BCUT2D eigenvalue weighted by Crippen LogP contribution is -2.39. The van der Waals surface area contributed by atoms with Gasteiger partial charge < -0.3 is 31.9 Å². The molecule has 11 heteroatoms. The molecule has 1 aromatic rings. The molecule has 3 rings (SSSR count). The molecule has 2 aliphatic rings. The fourth-order valence-electron chi connectivity index (χ4n) is 4.02. The Morgan fingerprint density at radius 2 is 1.75 bits per heavy atom. The number of nitrogens with zero attached hydrogens (tertiary/aromatic N) is 2. The number of carboxylic acids is 1. The van der Waals surface area contributed by atoms with Gasteiger partial charge in [-0.1, -0.05) is 30.9 Å². The van der Waals surface area contributed by atoms with Crippen LogP contribution in [0.3, 0.4) is 0 Å². The second-order valence-electron chi connectivity index (χ2n) is 8.80. The number of nitrogens with one attached hydrogen (secondary N) is 1. The summed E-state index contributed by atoms with van der Waals surface area (Å²) in [6, 6.07) is 5.09. The van der Waals surface area contributed by atoms with E-state index in [2.05, 4.69) is 5.32 Å². The highest BCUT2D eigenvalue weighted by Crippen LogP contribution is 2.27. The van der Waals surface area contributed by atoms with Crippen LogP contribution in [-0.4, -0.2) is 46.1 Å². The van der Waals surface area contributed by atoms with Gasteiger partial charge in [0.1, 0.15) is 11.8 Å². The molecular weight excluding hydrogens is 489 g/mol. The molecule has 36 heavy (non-hydrogen) atoms. The molecule has 1 aliphatic carbocycles. The number of carbonyl (C=O) groups excluding carboxylic acids is 1. The van der Waals surface area contributed by atoms with Crippen molar-refractivity contribution in [2.45, 2.75) is 57.9 Å². The summed E-state index contributed by atoms with van der Waals surface area (Å²) < 4.78 is 0. The van der Waals surface area contributed by atoms with Gasteiger partial charge in [-0.15, -0.1) is 0 Å². The van der Waals surface area contributed by atoms with Crippen LogP contribution in [0.1, 0.15) is 56.1 Å². The van der Waals surface area contributed by atoms with E-state index in [0.29, 0.717) is 47.9 Å². The van der Waals surface area contributed by atoms with Gasteiger partial charge in [0.25, 0.3) is 5.91 Å². The first-order valence-corrected chi connectivity index (χ1v) is 12.1. The van der Waals surface area contributed by atoms with Gasteiger partial charge in [0, 0.05) is 24.7 Å². The van der Waals surface area contributed by atoms with Crippen LogP contribution in [0, 0.1) is 24.2 Å². The van der Waals surface area contributed by atoms with Crippen molar-refractivity contribution in [2.75, 3.05) is 13.1 Å². The van der Waals surface area contributed by atoms with E-state index >= 15 is 0 Å². The number of halogens is 2. The zero-order valence-electron chi connectivity index (χ0n) is 20.4. The number of phenolic OH excluding ortho intramolecular Hbond substituents is 1. The van der Waals surface area contributed by atoms with Crippen LogP contribution < -0.4 is 16.8 Å². The van der Waals surface area contributed by atoms with Crippen molar-refractivity contribution in [1.29, 1.82) is 5.26 Å². The lowest BCUT2D eigenvalue weighted by atomic mass is 9.95. The van der Waals surface area contributed by atoms with E-state index in [1.54, 1.807) is 13.0 Å². The van der Waals surface area contributed by atoms with Gasteiger partial charge in [0.2, 0.25) is 0 Å². The van der Waals surface area contributed by atoms with Gasteiger partial charge in [-0.3, -0.25) is 14.3 Å². The van der Waals surface area contributed by atoms with Gasteiger partial charge in [-0.25, -0.2) is 0 Å². The monoisotopic (exact) mass is 523 g/mol. The Hall–Kier alpha value is -3.45. The Morgan fingerprint density at radius 1 is 1.14 bits per heavy atom. The predicted octanol–water partition coefficient (Wildman–Crippen LogP) is 3.25. The number of benzene rings is 1. The quantitative estimate of drug-likeness (QED) is 0.289. The summed E-state index contributed by atoms with van der Waals surface area (Å²) >= 11 is 5.72. The van der Waals surface area contributed by atoms with Crippen LogP contribution in [0.2, 0.25) is 5.02 Å². The van der Waals surface area contributed by atoms with Gasteiger partial charge in [0.05, 0.1) is 28.0 Å². The van der Waals surface area contributed by atoms with Crippen molar-refractivity contribution in [3.8, 4) is 11.8 Å². The Balaban J connectivity index is 0.000000454. The predicted molar refractivity (Wildman–Crippen MR) is 137 cm³/mol. The van der Waals surface area contributed by atoms with Crippen molar-refractivity contribution >= 4 is 23.5 Å². The van der Waals surface area contributed by atoms with E-state index in [9.17, 15) is 9.59 Å². The minimum absolute atomic E-state index is 0. The van der Waals surface area contributed by atoms with Crippen molar-refractivity contribution in [3.63, 3.8) is 0 Å². The van der Waals surface area contributed by atoms with Crippen molar-refractivity contribution in [2.24, 2.45) is 17.4 Å². The molecule has 1 heterocycles. The van der Waals surface area contributed by atoms with Crippen molar-refractivity contribution in [3.05, 3.63) is 52.0 Å². The SMILES string of the molecule is Cc1c(O)ccc(C#N)c1Cl.F.N/C(=C\C=C(/N)N1CCC(C(=O)O)CC1)C(=O)NC1CCCCC1. The maximum Gasteiger partial charge on any atom is 0.306 e. The summed E-state index contributed by atoms with van der Waals surface area (Å²) in [6.45, 7) is 2.86. The number of amides is 1. The largest absolute Gasteiger partial charge is 0.508 e. The van der Waals surface area contributed by atoms with E-state index in [4.69, 9.17) is 38.5 Å². The van der Waals surface area contributed by atoms with Crippen LogP contribution >= 0.6 is 11.6 Å². The molecule has 0 spiro atoms. The third-order valence-corrected chi connectivity index (χ3v) is 6.81. The highest BCUT2D eigenvalue weighted by atomic mass is 35.5. The first-order chi connectivity index (χ1) is 16.6. The zero-order chi connectivity index (χ0) is 26.0. The van der Waals surface area contributed by atoms with E-state index in [1.165, 1.54) is 24.6 Å². The number of aromatic hydroxyl groups is 1. The molecule has 0 unspecified atom stereocenters. The maximum absolute atomic E-state index is 12.1. The first kappa shape index (κ1) is 30.6. The molecule has 1 aliphatic heterocycles. The molecule has 1 saturated carbocycles. The van der Waals surface area contributed by atoms with Gasteiger partial charge in [-0.05, 0) is 56.9 Å². The minimum atomic E-state index is -0.749. The third-order valence-electron chi connectivity index (χ3n) is 6.32. The Morgan fingerprint density at radius 3 is 2.31 bits per heavy atom. The average molecular weight is 524 g/mol. The van der Waals surface area contributed by atoms with E-state index in [-0.39, 0.29) is 34.0 Å². The van der Waals surface area contributed by atoms with Crippen LogP contribution in [-0.2, 0) is 9.59 Å². The minimum Gasteiger partial charge on any atom is -0.508 e. The number of nitrogens with two attached hydrogens (primary N) is 2. The van der Waals surface area contributed by atoms with E-state index in [1.807, 2.05) is 11.0 Å². The second kappa shape index (κ2) is 14.8. The van der Waals surface area contributed by atoms with Gasteiger partial charge in [0.15, 0.2) is 0 Å². The summed E-state index contributed by atoms with van der Waals surface area (Å²) in [7, 11) is 0. The summed E-state index contributed by atoms with van der Waals surface area (Å²) in [5.41, 5.74) is 12.9. The molecule has 1 amide bonds. The number of carboxylic acid groups (broad SMARTS) is 1. The fraction of sp³-hybridized carbons (Fsp3) is 0.480. The van der Waals surface area contributed by atoms with Crippen molar-refractivity contribution < 1.29 is 24.5 Å². The number of nitriles is 1. The topological polar surface area (TPSA) is 166 Å². The average Bonchev–Trinajstić information content (AvgIpc) is 2.86. The molecule has 0 radical (unpaired) electrons. The zero-order valence-corrected chi connectivity index (χ0v) is 21.1. The summed E-state index contributed by atoms with van der Waals surface area (Å²) in [4.78, 5) is 24.9. The molecule has 198 valence electrons. The van der Waals surface area contributed by atoms with Crippen LogP contribution in [0.4, 0.5) is 4.70 Å². The van der Waals surface area contributed by atoms with E-state index < -0.39 is 5.97 Å². The smallest absolute Gasteiger partial charge is 0.306 e. The molecule has 2 fully saturated rings. The second-order valence-corrected chi connectivity index (χ2v) is 9.18. The van der Waals surface area contributed by atoms with Crippen molar-refractivity contribution in [1.82, 2.24) is 10.2 Å². The summed E-state index contributed by atoms with van der Waals surface area (Å²) in [6.07, 6.45) is 9.84. The molecule has 7 N–H and O–H groups in total. The molecule has 0 atom stereocenters. The number of phenols is 1. The fourth-order valence-corrected chi connectivity index (χ4v) is 4.22. The lowest BCUT2D eigenvalue weighted by Gasteiger charge is -2.31. The number of carbonyl (C=O) groups is 2. The number of piperidine rings is 1. The highest BCUT2D eigenvalue weighted by molar-refractivity contribution is 6.32. The molecular formula is C25H35ClFN5O4. The van der Waals surface area contributed by atoms with Gasteiger partial charge in [-0.2, -0.15) is 5.26 Å². The molecule has 1 aromatic carbocycles. The molecule has 1 saturated heterocycles. The maximum atomic E-state index is 12.1. The van der Waals surface area contributed by atoms with Gasteiger partial charge >= 0.3 is 5.97 Å². The number of hydrogen-bond donors (Lipinski definition) is 5. The molecule has 9 nitrogen and oxygen atoms in total. The standard InChI is InChI=1S/C17H28N4O3.C8H6ClNO.FH/c18-14(16(22)20-13-4-2-1-3-5-13)6-7-15(19)21-10-8-12(9-11-21)17(23)24;1-5-7(11)3-2-6(4-10)8(5)9;/h6-7,12-13H,1-5,8-11,18-19H2,(H,20,22)(H,23,24);2-3,11H,1H3;1H/b14-6-,15-7+;;. The van der Waals surface area contributed by atoms with Crippen LogP contribution in [0.25, 0.3) is 0 Å². The molecule has 0 bridgehead atoms. The van der Waals surface area contributed by atoms with E-state index in [0.717, 1.165) is 25.7 Å². The number of allylic oxidation sites excluding steroid dienone is 2. The first-order valence-electron chi connectivity index (χ1n) is 11.7. The number of hydrogen-bond acceptors (Lipinski definition) is 7. The number of likely N-dealkylation sites (tertiary alicyclic amines) is 1. The summed E-state index contributed by atoms with van der Waals surface area (Å²) in [5, 5.41) is 29.9. The summed E-state index contributed by atoms with van der Waals surface area (Å²) in [5.74, 6) is -0.673. The Bertz CT molecular complexity index is 1010. The number of aliphatic carboxylic acids is 1. The van der Waals surface area contributed by atoms with Crippen LogP contribution in [0.15, 0.2) is 35.8 Å². The normalized spacial score (nSPS) is 17.2. The molecule has 0 aromatic heterocycles. The Labute approximate surface area is 215 Å². The third kappa shape index (κ3) is 8.96. The highest BCUT2D eigenvalue weighted by Gasteiger charge is 2.24. The Kier molecular flexibility index (Phi) is 12.6. The number of rotatable bonds is 5. The lowest BCUT2D eigenvalue weighted by molar-refractivity contribution is -0.143.